The summed E-state index contributed by atoms with van der Waals surface area (Å²) in [6, 6.07) is -0.671. The minimum atomic E-state index is -0.541. The second-order valence-corrected chi connectivity index (χ2v) is 4.20. The standard InChI is InChI=1S/C10H19N3O2.ClH/c1-6(11)10(15)13-8-5-3-2-4-7(8)9(12)14;/h6-8H,2-5,11H2,1H3,(H2,12,14)(H,13,15);1H. The Morgan fingerprint density at radius 1 is 1.31 bits per heavy atom. The van der Waals surface area contributed by atoms with Gasteiger partial charge in [0.25, 0.3) is 0 Å². The summed E-state index contributed by atoms with van der Waals surface area (Å²) in [6.07, 6.45) is 3.59. The van der Waals surface area contributed by atoms with Crippen LogP contribution in [0.5, 0.6) is 0 Å². The van der Waals surface area contributed by atoms with Crippen LogP contribution in [0.4, 0.5) is 0 Å². The molecule has 1 fully saturated rings. The summed E-state index contributed by atoms with van der Waals surface area (Å²) in [7, 11) is 0. The number of carbonyl (C=O) groups excluding carboxylic acids is 2. The zero-order chi connectivity index (χ0) is 11.4. The van der Waals surface area contributed by atoms with Gasteiger partial charge in [-0.3, -0.25) is 9.59 Å². The predicted octanol–water partition coefficient (Wildman–Crippen LogP) is -0.0843. The van der Waals surface area contributed by atoms with E-state index in [9.17, 15) is 9.59 Å². The van der Waals surface area contributed by atoms with Crippen molar-refractivity contribution >= 4 is 24.2 Å². The third kappa shape index (κ3) is 3.98. The van der Waals surface area contributed by atoms with Crippen molar-refractivity contribution in [1.82, 2.24) is 5.32 Å². The molecule has 0 heterocycles. The SMILES string of the molecule is CC(N)C(=O)NC1CCCCC1C(N)=O.Cl. The second kappa shape index (κ2) is 6.70. The molecule has 1 saturated carbocycles. The lowest BCUT2D eigenvalue weighted by Crippen LogP contribution is -2.50. The van der Waals surface area contributed by atoms with Crippen LogP contribution < -0.4 is 16.8 Å². The van der Waals surface area contributed by atoms with Crippen LogP contribution in [-0.2, 0) is 9.59 Å². The molecular formula is C10H20ClN3O2. The van der Waals surface area contributed by atoms with Crippen LogP contribution in [0.2, 0.25) is 0 Å². The van der Waals surface area contributed by atoms with Gasteiger partial charge in [0.1, 0.15) is 0 Å². The Morgan fingerprint density at radius 2 is 1.88 bits per heavy atom. The highest BCUT2D eigenvalue weighted by Gasteiger charge is 2.30. The molecular weight excluding hydrogens is 230 g/mol. The Morgan fingerprint density at radius 3 is 2.38 bits per heavy atom. The third-order valence-electron chi connectivity index (χ3n) is 2.87. The highest BCUT2D eigenvalue weighted by Crippen LogP contribution is 2.24. The van der Waals surface area contributed by atoms with Crippen LogP contribution in [0.25, 0.3) is 0 Å². The van der Waals surface area contributed by atoms with Gasteiger partial charge in [-0.05, 0) is 19.8 Å². The molecule has 2 amide bonds. The van der Waals surface area contributed by atoms with E-state index in [1.54, 1.807) is 6.92 Å². The lowest BCUT2D eigenvalue weighted by molar-refractivity contribution is -0.126. The van der Waals surface area contributed by atoms with Crippen molar-refractivity contribution in [3.8, 4) is 0 Å². The first-order valence-corrected chi connectivity index (χ1v) is 5.37. The summed E-state index contributed by atoms with van der Waals surface area (Å²) >= 11 is 0. The summed E-state index contributed by atoms with van der Waals surface area (Å²) in [4.78, 5) is 22.5. The number of amides is 2. The van der Waals surface area contributed by atoms with Crippen molar-refractivity contribution in [2.24, 2.45) is 17.4 Å². The maximum atomic E-state index is 11.4. The molecule has 0 aromatic rings. The molecule has 5 N–H and O–H groups in total. The fraction of sp³-hybridized carbons (Fsp3) is 0.800. The van der Waals surface area contributed by atoms with Crippen LogP contribution in [0, 0.1) is 5.92 Å². The minimum absolute atomic E-state index is 0. The fourth-order valence-corrected chi connectivity index (χ4v) is 1.96. The van der Waals surface area contributed by atoms with Gasteiger partial charge >= 0.3 is 0 Å². The third-order valence-corrected chi connectivity index (χ3v) is 2.87. The smallest absolute Gasteiger partial charge is 0.236 e. The predicted molar refractivity (Wildman–Crippen MR) is 64.0 cm³/mol. The molecule has 6 heteroatoms. The van der Waals surface area contributed by atoms with E-state index in [-0.39, 0.29) is 36.2 Å². The van der Waals surface area contributed by atoms with Crippen LogP contribution in [-0.4, -0.2) is 23.9 Å². The Bertz CT molecular complexity index is 258. The average molecular weight is 250 g/mol. The van der Waals surface area contributed by atoms with E-state index in [4.69, 9.17) is 11.5 Å². The van der Waals surface area contributed by atoms with Crippen molar-refractivity contribution in [3.63, 3.8) is 0 Å². The Kier molecular flexibility index (Phi) is 6.36. The highest BCUT2D eigenvalue weighted by atomic mass is 35.5. The molecule has 0 aromatic heterocycles. The number of carbonyl (C=O) groups is 2. The molecule has 0 aliphatic heterocycles. The van der Waals surface area contributed by atoms with Gasteiger partial charge in [0.2, 0.25) is 11.8 Å². The van der Waals surface area contributed by atoms with E-state index in [1.165, 1.54) is 0 Å². The summed E-state index contributed by atoms with van der Waals surface area (Å²) in [6.45, 7) is 1.62. The minimum Gasteiger partial charge on any atom is -0.369 e. The molecule has 1 rings (SSSR count). The number of hydrogen-bond acceptors (Lipinski definition) is 3. The van der Waals surface area contributed by atoms with Gasteiger partial charge in [0.15, 0.2) is 0 Å². The number of nitrogens with two attached hydrogens (primary N) is 2. The first-order valence-electron chi connectivity index (χ1n) is 5.37. The monoisotopic (exact) mass is 249 g/mol. The van der Waals surface area contributed by atoms with Crippen molar-refractivity contribution in [3.05, 3.63) is 0 Å². The van der Waals surface area contributed by atoms with Crippen LogP contribution >= 0.6 is 12.4 Å². The molecule has 5 nitrogen and oxygen atoms in total. The first-order chi connectivity index (χ1) is 7.02. The van der Waals surface area contributed by atoms with Crippen LogP contribution in [0.3, 0.4) is 0 Å². The maximum Gasteiger partial charge on any atom is 0.236 e. The summed E-state index contributed by atoms with van der Waals surface area (Å²) < 4.78 is 0. The van der Waals surface area contributed by atoms with Crippen LogP contribution in [0.15, 0.2) is 0 Å². The zero-order valence-corrected chi connectivity index (χ0v) is 10.3. The van der Waals surface area contributed by atoms with Gasteiger partial charge in [0, 0.05) is 6.04 Å². The zero-order valence-electron chi connectivity index (χ0n) is 9.44. The van der Waals surface area contributed by atoms with Gasteiger partial charge < -0.3 is 16.8 Å². The van der Waals surface area contributed by atoms with Crippen molar-refractivity contribution in [2.75, 3.05) is 0 Å². The van der Waals surface area contributed by atoms with Gasteiger partial charge in [-0.25, -0.2) is 0 Å². The molecule has 0 saturated heterocycles. The molecule has 0 bridgehead atoms. The summed E-state index contributed by atoms with van der Waals surface area (Å²) in [5, 5.41) is 2.78. The summed E-state index contributed by atoms with van der Waals surface area (Å²) in [5.41, 5.74) is 10.7. The number of rotatable bonds is 3. The van der Waals surface area contributed by atoms with Gasteiger partial charge in [0.05, 0.1) is 12.0 Å². The van der Waals surface area contributed by atoms with Gasteiger partial charge in [-0.1, -0.05) is 12.8 Å². The van der Waals surface area contributed by atoms with E-state index in [0.717, 1.165) is 25.7 Å². The molecule has 0 spiro atoms. The Labute approximate surface area is 102 Å². The number of halogens is 1. The Balaban J connectivity index is 0.00000225. The van der Waals surface area contributed by atoms with Crippen molar-refractivity contribution in [2.45, 2.75) is 44.7 Å². The number of primary amides is 1. The fourth-order valence-electron chi connectivity index (χ4n) is 1.96. The topological polar surface area (TPSA) is 98.2 Å². The molecule has 0 aromatic carbocycles. The van der Waals surface area contributed by atoms with E-state index < -0.39 is 6.04 Å². The molecule has 3 unspecified atom stereocenters. The largest absolute Gasteiger partial charge is 0.369 e. The number of nitrogens with one attached hydrogen (secondary N) is 1. The van der Waals surface area contributed by atoms with E-state index in [2.05, 4.69) is 5.32 Å². The quantitative estimate of drug-likeness (QED) is 0.652. The van der Waals surface area contributed by atoms with E-state index >= 15 is 0 Å². The summed E-state index contributed by atoms with van der Waals surface area (Å²) in [5.74, 6) is -0.778. The van der Waals surface area contributed by atoms with Crippen molar-refractivity contribution in [1.29, 1.82) is 0 Å². The molecule has 1 aliphatic carbocycles. The lowest BCUT2D eigenvalue weighted by Gasteiger charge is -2.30. The first kappa shape index (κ1) is 15.2. The van der Waals surface area contributed by atoms with E-state index in [1.807, 2.05) is 0 Å². The highest BCUT2D eigenvalue weighted by molar-refractivity contribution is 5.85. The lowest BCUT2D eigenvalue weighted by atomic mass is 9.84. The number of hydrogen-bond donors (Lipinski definition) is 3. The Hall–Kier alpha value is -0.810. The van der Waals surface area contributed by atoms with E-state index in [0.29, 0.717) is 0 Å². The van der Waals surface area contributed by atoms with Crippen LogP contribution in [0.1, 0.15) is 32.6 Å². The normalized spacial score (nSPS) is 26.4. The molecule has 1 aliphatic rings. The molecule has 94 valence electrons. The maximum absolute atomic E-state index is 11.4. The van der Waals surface area contributed by atoms with Gasteiger partial charge in [-0.15, -0.1) is 12.4 Å². The molecule has 16 heavy (non-hydrogen) atoms. The average Bonchev–Trinajstić information content (AvgIpc) is 2.18. The second-order valence-electron chi connectivity index (χ2n) is 4.20. The van der Waals surface area contributed by atoms with Crippen molar-refractivity contribution < 1.29 is 9.59 Å². The molecule has 3 atom stereocenters. The molecule has 0 radical (unpaired) electrons. The van der Waals surface area contributed by atoms with Gasteiger partial charge in [-0.2, -0.15) is 0 Å².